The molecule has 0 spiro atoms. The van der Waals surface area contributed by atoms with Crippen LogP contribution in [0.1, 0.15) is 38.3 Å². The quantitative estimate of drug-likeness (QED) is 0.745. The molecule has 2 aliphatic rings. The van der Waals surface area contributed by atoms with Gasteiger partial charge in [-0.05, 0) is 44.4 Å². The zero-order valence-corrected chi connectivity index (χ0v) is 16.8. The molecule has 28 heavy (non-hydrogen) atoms. The van der Waals surface area contributed by atoms with Crippen LogP contribution in [0.4, 0.5) is 4.39 Å². The van der Waals surface area contributed by atoms with Crippen LogP contribution in [0, 0.1) is 5.82 Å². The number of ether oxygens (including phenoxy) is 1. The minimum Gasteiger partial charge on any atom is -0.368 e. The number of carbonyl (C=O) groups is 2. The second-order valence-electron chi connectivity index (χ2n) is 7.51. The highest BCUT2D eigenvalue weighted by Gasteiger charge is 2.31. The smallest absolute Gasteiger partial charge is 0.251 e. The van der Waals surface area contributed by atoms with E-state index in [4.69, 9.17) is 4.74 Å². The minimum atomic E-state index is -0.277. The number of rotatable bonds is 6. The normalized spacial score (nSPS) is 21.5. The summed E-state index contributed by atoms with van der Waals surface area (Å²) in [7, 11) is 0. The molecule has 1 aromatic carbocycles. The molecule has 0 aliphatic carbocycles. The lowest BCUT2D eigenvalue weighted by atomic mass is 10.1. The van der Waals surface area contributed by atoms with Gasteiger partial charge >= 0.3 is 0 Å². The minimum absolute atomic E-state index is 0.0539. The van der Waals surface area contributed by atoms with Crippen molar-refractivity contribution in [3.8, 4) is 0 Å². The molecule has 0 N–H and O–H groups in total. The van der Waals surface area contributed by atoms with Gasteiger partial charge in [-0.3, -0.25) is 14.5 Å². The van der Waals surface area contributed by atoms with Crippen molar-refractivity contribution >= 4 is 11.8 Å². The maximum Gasteiger partial charge on any atom is 0.251 e. The summed E-state index contributed by atoms with van der Waals surface area (Å²) in [6.45, 7) is 8.15. The Morgan fingerprint density at radius 2 is 1.89 bits per heavy atom. The number of hydrogen-bond acceptors (Lipinski definition) is 4. The lowest BCUT2D eigenvalue weighted by Crippen LogP contribution is -2.53. The van der Waals surface area contributed by atoms with Crippen LogP contribution in [0.3, 0.4) is 0 Å². The van der Waals surface area contributed by atoms with Crippen molar-refractivity contribution in [3.63, 3.8) is 0 Å². The van der Waals surface area contributed by atoms with Crippen molar-refractivity contribution < 1.29 is 18.7 Å². The summed E-state index contributed by atoms with van der Waals surface area (Å²) < 4.78 is 18.7. The van der Waals surface area contributed by atoms with Gasteiger partial charge in [0.25, 0.3) is 5.91 Å². The van der Waals surface area contributed by atoms with Crippen LogP contribution in [0.5, 0.6) is 0 Å². The van der Waals surface area contributed by atoms with Gasteiger partial charge in [0.2, 0.25) is 5.91 Å². The first-order chi connectivity index (χ1) is 13.5. The molecule has 2 unspecified atom stereocenters. The summed E-state index contributed by atoms with van der Waals surface area (Å²) in [6, 6.07) is 6.19. The van der Waals surface area contributed by atoms with Gasteiger partial charge < -0.3 is 14.5 Å². The molecule has 2 aliphatic heterocycles. The molecule has 0 radical (unpaired) electrons. The van der Waals surface area contributed by atoms with Crippen molar-refractivity contribution in [2.75, 3.05) is 45.9 Å². The molecule has 0 aromatic heterocycles. The fourth-order valence-electron chi connectivity index (χ4n) is 3.97. The fraction of sp³-hybridized carbons (Fsp3) is 0.619. The standard InChI is InChI=1S/C21H30FN3O3/c1-3-25(16(2)17-6-8-18(22)9-7-17)20(26)15-23-10-12-24(13-11-23)21(27)19-5-4-14-28-19/h6-9,16,19H,3-5,10-15H2,1-2H3. The monoisotopic (exact) mass is 391 g/mol. The van der Waals surface area contributed by atoms with E-state index in [2.05, 4.69) is 4.90 Å². The van der Waals surface area contributed by atoms with Gasteiger partial charge in [0.1, 0.15) is 11.9 Å². The molecular formula is C21H30FN3O3. The SMILES string of the molecule is CCN(C(=O)CN1CCN(C(=O)C2CCCO2)CC1)C(C)c1ccc(F)cc1. The molecule has 154 valence electrons. The Hall–Kier alpha value is -1.99. The second-order valence-corrected chi connectivity index (χ2v) is 7.51. The number of benzene rings is 1. The molecular weight excluding hydrogens is 361 g/mol. The molecule has 3 rings (SSSR count). The third kappa shape index (κ3) is 4.89. The van der Waals surface area contributed by atoms with Crippen molar-refractivity contribution in [1.82, 2.24) is 14.7 Å². The predicted octanol–water partition coefficient (Wildman–Crippen LogP) is 2.06. The van der Waals surface area contributed by atoms with Gasteiger partial charge in [-0.15, -0.1) is 0 Å². The molecule has 6 nitrogen and oxygen atoms in total. The topological polar surface area (TPSA) is 53.1 Å². The van der Waals surface area contributed by atoms with Crippen LogP contribution >= 0.6 is 0 Å². The third-order valence-corrected chi connectivity index (χ3v) is 5.73. The first kappa shape index (κ1) is 20.7. The maximum atomic E-state index is 13.2. The van der Waals surface area contributed by atoms with E-state index in [1.807, 2.05) is 23.6 Å². The fourth-order valence-corrected chi connectivity index (χ4v) is 3.97. The Labute approximate surface area is 166 Å². The second kappa shape index (κ2) is 9.47. The van der Waals surface area contributed by atoms with E-state index in [9.17, 15) is 14.0 Å². The first-order valence-corrected chi connectivity index (χ1v) is 10.2. The summed E-state index contributed by atoms with van der Waals surface area (Å²) in [5.74, 6) is -0.137. The van der Waals surface area contributed by atoms with Crippen LogP contribution in [0.25, 0.3) is 0 Å². The maximum absolute atomic E-state index is 13.2. The number of carbonyl (C=O) groups excluding carboxylic acids is 2. The van der Waals surface area contributed by atoms with E-state index >= 15 is 0 Å². The molecule has 2 saturated heterocycles. The van der Waals surface area contributed by atoms with E-state index in [1.165, 1.54) is 12.1 Å². The van der Waals surface area contributed by atoms with E-state index in [1.54, 1.807) is 12.1 Å². The van der Waals surface area contributed by atoms with E-state index in [0.29, 0.717) is 45.9 Å². The molecule has 2 fully saturated rings. The predicted molar refractivity (Wildman–Crippen MR) is 104 cm³/mol. The average molecular weight is 391 g/mol. The zero-order valence-electron chi connectivity index (χ0n) is 16.8. The highest BCUT2D eigenvalue weighted by molar-refractivity contribution is 5.81. The molecule has 2 amide bonds. The van der Waals surface area contributed by atoms with Crippen molar-refractivity contribution in [1.29, 1.82) is 0 Å². The summed E-state index contributed by atoms with van der Waals surface area (Å²) in [6.07, 6.45) is 1.48. The number of amides is 2. The Morgan fingerprint density at radius 3 is 2.46 bits per heavy atom. The molecule has 2 heterocycles. The van der Waals surface area contributed by atoms with Crippen LogP contribution in [0.2, 0.25) is 0 Å². The molecule has 1 aromatic rings. The first-order valence-electron chi connectivity index (χ1n) is 10.2. The van der Waals surface area contributed by atoms with Crippen LogP contribution in [-0.4, -0.2) is 78.5 Å². The number of likely N-dealkylation sites (N-methyl/N-ethyl adjacent to an activating group) is 1. The Bertz CT molecular complexity index is 668. The number of nitrogens with zero attached hydrogens (tertiary/aromatic N) is 3. The van der Waals surface area contributed by atoms with Crippen molar-refractivity contribution in [2.24, 2.45) is 0 Å². The molecule has 0 bridgehead atoms. The lowest BCUT2D eigenvalue weighted by molar-refractivity contribution is -0.143. The van der Waals surface area contributed by atoms with E-state index < -0.39 is 0 Å². The van der Waals surface area contributed by atoms with Gasteiger partial charge in [0, 0.05) is 39.3 Å². The molecule has 0 saturated carbocycles. The average Bonchev–Trinajstić information content (AvgIpc) is 3.24. The van der Waals surface area contributed by atoms with Crippen molar-refractivity contribution in [3.05, 3.63) is 35.6 Å². The van der Waals surface area contributed by atoms with Gasteiger partial charge in [0.05, 0.1) is 12.6 Å². The summed E-state index contributed by atoms with van der Waals surface area (Å²) in [4.78, 5) is 31.1. The molecule has 2 atom stereocenters. The van der Waals surface area contributed by atoms with Crippen LogP contribution in [-0.2, 0) is 14.3 Å². The summed E-state index contributed by atoms with van der Waals surface area (Å²) in [5, 5.41) is 0. The van der Waals surface area contributed by atoms with Crippen LogP contribution in [0.15, 0.2) is 24.3 Å². The zero-order chi connectivity index (χ0) is 20.1. The molecule has 7 heteroatoms. The van der Waals surface area contributed by atoms with Gasteiger partial charge in [-0.1, -0.05) is 12.1 Å². The third-order valence-electron chi connectivity index (χ3n) is 5.73. The highest BCUT2D eigenvalue weighted by atomic mass is 19.1. The van der Waals surface area contributed by atoms with Crippen LogP contribution < -0.4 is 0 Å². The van der Waals surface area contributed by atoms with Gasteiger partial charge in [-0.25, -0.2) is 4.39 Å². The Balaban J connectivity index is 1.51. The van der Waals surface area contributed by atoms with E-state index in [-0.39, 0.29) is 29.8 Å². The van der Waals surface area contributed by atoms with Gasteiger partial charge in [0.15, 0.2) is 0 Å². The van der Waals surface area contributed by atoms with E-state index in [0.717, 1.165) is 18.4 Å². The summed E-state index contributed by atoms with van der Waals surface area (Å²) in [5.41, 5.74) is 0.920. The number of hydrogen-bond donors (Lipinski definition) is 0. The largest absolute Gasteiger partial charge is 0.368 e. The summed E-state index contributed by atoms with van der Waals surface area (Å²) >= 11 is 0. The highest BCUT2D eigenvalue weighted by Crippen LogP contribution is 2.21. The van der Waals surface area contributed by atoms with Gasteiger partial charge in [-0.2, -0.15) is 0 Å². The van der Waals surface area contributed by atoms with Crippen molar-refractivity contribution in [2.45, 2.75) is 38.8 Å². The lowest BCUT2D eigenvalue weighted by Gasteiger charge is -2.37. The number of halogens is 1. The Morgan fingerprint density at radius 1 is 1.21 bits per heavy atom. The Kier molecular flexibility index (Phi) is 7.02. The number of piperazine rings is 1.